The maximum atomic E-state index is 12.5. The van der Waals surface area contributed by atoms with Gasteiger partial charge in [0.15, 0.2) is 0 Å². The van der Waals surface area contributed by atoms with E-state index in [0.29, 0.717) is 6.42 Å². The van der Waals surface area contributed by atoms with E-state index in [1.54, 1.807) is 6.08 Å². The number of hydrogen-bond donors (Lipinski definition) is 4. The largest absolute Gasteiger partial charge is 0.387 e. The Balaban J connectivity index is 4.05. The average Bonchev–Trinajstić information content (AvgIpc) is 3.05. The van der Waals surface area contributed by atoms with Crippen LogP contribution in [0, 0.1) is 0 Å². The van der Waals surface area contributed by atoms with Crippen LogP contribution in [-0.4, -0.2) is 53.1 Å². The summed E-state index contributed by atoms with van der Waals surface area (Å²) >= 11 is 0. The van der Waals surface area contributed by atoms with E-state index < -0.39 is 40.0 Å². The van der Waals surface area contributed by atoms with Crippen LogP contribution in [0.4, 0.5) is 0 Å². The van der Waals surface area contributed by atoms with Gasteiger partial charge in [0, 0.05) is 0 Å². The van der Waals surface area contributed by atoms with Crippen molar-refractivity contribution in [1.82, 2.24) is 5.32 Å². The van der Waals surface area contributed by atoms with Crippen molar-refractivity contribution in [1.29, 1.82) is 0 Å². The second kappa shape index (κ2) is 34.2. The molecule has 0 radical (unpaired) electrons. The normalized spacial score (nSPS) is 14.2. The molecule has 0 heterocycles. The molecule has 8 heteroatoms. The lowest BCUT2D eigenvalue weighted by Crippen LogP contribution is -2.50. The van der Waals surface area contributed by atoms with Crippen LogP contribution in [0.3, 0.4) is 0 Å². The van der Waals surface area contributed by atoms with Gasteiger partial charge in [0.25, 0.3) is 10.1 Å². The third kappa shape index (κ3) is 33.3. The van der Waals surface area contributed by atoms with Gasteiger partial charge < -0.3 is 15.5 Å². The van der Waals surface area contributed by atoms with Crippen molar-refractivity contribution >= 4 is 16.0 Å². The summed E-state index contributed by atoms with van der Waals surface area (Å²) in [5.74, 6) is -1.55. The summed E-state index contributed by atoms with van der Waals surface area (Å²) in [6.45, 7) is 4.49. The number of aliphatic hydroxyl groups is 2. The van der Waals surface area contributed by atoms with Gasteiger partial charge in [-0.15, -0.1) is 0 Å². The lowest BCUT2D eigenvalue weighted by atomic mass is 10.0. The molecule has 0 aromatic carbocycles. The molecule has 0 aromatic rings. The van der Waals surface area contributed by atoms with Crippen molar-refractivity contribution in [3.05, 3.63) is 24.3 Å². The molecule has 0 aliphatic carbocycles. The highest BCUT2D eigenvalue weighted by Gasteiger charge is 2.27. The van der Waals surface area contributed by atoms with Gasteiger partial charge in [-0.25, -0.2) is 0 Å². The quantitative estimate of drug-likeness (QED) is 0.0293. The molecule has 0 aromatic heterocycles. The number of allylic oxidation sites excluding steroid dienone is 3. The molecule has 0 bridgehead atoms. The predicted octanol–water partition coefficient (Wildman–Crippen LogP) is 10.5. The summed E-state index contributed by atoms with van der Waals surface area (Å²) in [6, 6.07) is -1.24. The first kappa shape index (κ1) is 46.8. The third-order valence-electron chi connectivity index (χ3n) is 9.23. The molecule has 0 aliphatic heterocycles. The zero-order valence-corrected chi connectivity index (χ0v) is 32.0. The van der Waals surface area contributed by atoms with E-state index in [1.165, 1.54) is 141 Å². The van der Waals surface area contributed by atoms with Crippen LogP contribution >= 0.6 is 0 Å². The number of aliphatic hydroxyl groups excluding tert-OH is 2. The highest BCUT2D eigenvalue weighted by molar-refractivity contribution is 7.85. The number of unbranched alkanes of at least 4 members (excludes halogenated alkanes) is 25. The van der Waals surface area contributed by atoms with Crippen LogP contribution in [0.2, 0.25) is 0 Å². The van der Waals surface area contributed by atoms with Crippen molar-refractivity contribution in [3.63, 3.8) is 0 Å². The van der Waals surface area contributed by atoms with E-state index in [0.717, 1.165) is 38.5 Å². The Morgan fingerprint density at radius 3 is 1.31 bits per heavy atom. The minimum Gasteiger partial charge on any atom is -0.387 e. The molecule has 0 saturated heterocycles. The number of carbonyl (C=O) groups is 1. The van der Waals surface area contributed by atoms with Crippen molar-refractivity contribution < 1.29 is 28.0 Å². The number of carbonyl (C=O) groups excluding carboxylic acids is 1. The molecular formula is C40H77NO6S. The predicted molar refractivity (Wildman–Crippen MR) is 204 cm³/mol. The summed E-state index contributed by atoms with van der Waals surface area (Å²) in [7, 11) is -4.44. The second-order valence-electron chi connectivity index (χ2n) is 14.1. The first-order valence-electron chi connectivity index (χ1n) is 20.1. The third-order valence-corrected chi connectivity index (χ3v) is 10.0. The van der Waals surface area contributed by atoms with E-state index in [2.05, 4.69) is 31.3 Å². The van der Waals surface area contributed by atoms with Crippen molar-refractivity contribution in [3.8, 4) is 0 Å². The first-order chi connectivity index (χ1) is 23.2. The van der Waals surface area contributed by atoms with E-state index in [9.17, 15) is 28.0 Å². The van der Waals surface area contributed by atoms with Gasteiger partial charge in [0.1, 0.15) is 6.10 Å². The van der Waals surface area contributed by atoms with Crippen molar-refractivity contribution in [2.75, 3.05) is 5.75 Å². The van der Waals surface area contributed by atoms with Gasteiger partial charge in [-0.3, -0.25) is 9.35 Å². The van der Waals surface area contributed by atoms with Gasteiger partial charge >= 0.3 is 0 Å². The van der Waals surface area contributed by atoms with E-state index in [4.69, 9.17) is 0 Å². The summed E-state index contributed by atoms with van der Waals surface area (Å²) in [6.07, 6.45) is 39.5. The second-order valence-corrected chi connectivity index (χ2v) is 15.6. The Labute approximate surface area is 297 Å². The standard InChI is InChI=1S/C40H77NO6S/c1-3-5-7-9-11-13-15-17-18-19-20-21-22-23-25-26-28-30-32-34-38(42)37(36-48(45,46)47)41-40(44)39(43)35-33-31-29-27-24-16-14-12-10-8-6-4-2/h24,27,32,34,37-39,42-43H,3-23,25-26,28-31,33,35-36H2,1-2H3,(H,41,44)(H,45,46,47)/b27-24-,34-32+. The molecule has 3 atom stereocenters. The fourth-order valence-electron chi connectivity index (χ4n) is 6.10. The lowest BCUT2D eigenvalue weighted by molar-refractivity contribution is -0.130. The van der Waals surface area contributed by atoms with Gasteiger partial charge in [-0.2, -0.15) is 8.42 Å². The fraction of sp³-hybridized carbons (Fsp3) is 0.875. The van der Waals surface area contributed by atoms with Gasteiger partial charge in [0.05, 0.1) is 17.9 Å². The topological polar surface area (TPSA) is 124 Å². The minimum absolute atomic E-state index is 0.251. The molecule has 284 valence electrons. The van der Waals surface area contributed by atoms with Crippen LogP contribution in [-0.2, 0) is 14.9 Å². The minimum atomic E-state index is -4.44. The highest BCUT2D eigenvalue weighted by atomic mass is 32.2. The maximum Gasteiger partial charge on any atom is 0.267 e. The van der Waals surface area contributed by atoms with Crippen LogP contribution in [0.1, 0.15) is 200 Å². The smallest absolute Gasteiger partial charge is 0.267 e. The van der Waals surface area contributed by atoms with E-state index in [1.807, 2.05) is 0 Å². The summed E-state index contributed by atoms with van der Waals surface area (Å²) < 4.78 is 32.5. The molecule has 1 amide bonds. The number of rotatable bonds is 36. The number of nitrogens with one attached hydrogen (secondary N) is 1. The molecule has 0 rings (SSSR count). The maximum absolute atomic E-state index is 12.5. The summed E-state index contributed by atoms with van der Waals surface area (Å²) in [4.78, 5) is 12.5. The zero-order valence-electron chi connectivity index (χ0n) is 31.2. The SMILES string of the molecule is CCCCCCCC/C=C\CCCCC(O)C(=O)NC(CS(=O)(=O)O)C(O)/C=C/CCCCCCCCCCCCCCCCCCC. The van der Waals surface area contributed by atoms with Crippen LogP contribution in [0.5, 0.6) is 0 Å². The summed E-state index contributed by atoms with van der Waals surface area (Å²) in [5.41, 5.74) is 0. The molecular weight excluding hydrogens is 623 g/mol. The van der Waals surface area contributed by atoms with Gasteiger partial charge in [-0.1, -0.05) is 179 Å². The molecule has 0 aliphatic rings. The monoisotopic (exact) mass is 700 g/mol. The highest BCUT2D eigenvalue weighted by Crippen LogP contribution is 2.15. The average molecular weight is 700 g/mol. The Morgan fingerprint density at radius 1 is 0.562 bits per heavy atom. The van der Waals surface area contributed by atoms with Crippen LogP contribution in [0.15, 0.2) is 24.3 Å². The Bertz CT molecular complexity index is 875. The molecule has 48 heavy (non-hydrogen) atoms. The van der Waals surface area contributed by atoms with E-state index >= 15 is 0 Å². The van der Waals surface area contributed by atoms with E-state index in [-0.39, 0.29) is 6.42 Å². The molecule has 7 nitrogen and oxygen atoms in total. The number of hydrogen-bond acceptors (Lipinski definition) is 5. The molecule has 3 unspecified atom stereocenters. The van der Waals surface area contributed by atoms with Crippen LogP contribution in [0.25, 0.3) is 0 Å². The molecule has 0 spiro atoms. The molecule has 4 N–H and O–H groups in total. The van der Waals surface area contributed by atoms with Crippen LogP contribution < -0.4 is 5.32 Å². The first-order valence-corrected chi connectivity index (χ1v) is 21.8. The van der Waals surface area contributed by atoms with Crippen molar-refractivity contribution in [2.24, 2.45) is 0 Å². The van der Waals surface area contributed by atoms with Crippen molar-refractivity contribution in [2.45, 2.75) is 218 Å². The summed E-state index contributed by atoms with van der Waals surface area (Å²) in [5, 5.41) is 23.3. The Morgan fingerprint density at radius 2 is 0.917 bits per heavy atom. The van der Waals surface area contributed by atoms with Gasteiger partial charge in [0.2, 0.25) is 5.91 Å². The lowest BCUT2D eigenvalue weighted by Gasteiger charge is -2.22. The number of amides is 1. The Kier molecular flexibility index (Phi) is 33.4. The zero-order chi connectivity index (χ0) is 35.6. The molecule has 0 saturated carbocycles. The Hall–Kier alpha value is -1.22. The van der Waals surface area contributed by atoms with Gasteiger partial charge in [-0.05, 0) is 44.9 Å². The molecule has 0 fully saturated rings. The fourth-order valence-corrected chi connectivity index (χ4v) is 6.83.